The lowest BCUT2D eigenvalue weighted by molar-refractivity contribution is 0.171. The first-order valence-electron chi connectivity index (χ1n) is 6.06. The van der Waals surface area contributed by atoms with Gasteiger partial charge in [0.25, 0.3) is 5.89 Å². The zero-order valence-electron chi connectivity index (χ0n) is 11.3. The molecule has 108 valence electrons. The van der Waals surface area contributed by atoms with Crippen LogP contribution in [0.25, 0.3) is 10.8 Å². The van der Waals surface area contributed by atoms with Crippen molar-refractivity contribution in [2.45, 2.75) is 6.54 Å². The van der Waals surface area contributed by atoms with E-state index < -0.39 is 0 Å². The minimum atomic E-state index is 0.460. The molecule has 0 aliphatic rings. The van der Waals surface area contributed by atoms with E-state index in [1.165, 1.54) is 0 Å². The predicted octanol–water partition coefficient (Wildman–Crippen LogP) is 1.75. The Morgan fingerprint density at radius 3 is 3.05 bits per heavy atom. The van der Waals surface area contributed by atoms with Crippen LogP contribution in [0.15, 0.2) is 21.9 Å². The average Bonchev–Trinajstić information content (AvgIpc) is 3.13. The van der Waals surface area contributed by atoms with Crippen LogP contribution < -0.4 is 5.32 Å². The van der Waals surface area contributed by atoms with E-state index in [0.29, 0.717) is 36.6 Å². The molecule has 6 nitrogen and oxygen atoms in total. The summed E-state index contributed by atoms with van der Waals surface area (Å²) in [7, 11) is 3.44. The van der Waals surface area contributed by atoms with Crippen molar-refractivity contribution in [2.24, 2.45) is 0 Å². The van der Waals surface area contributed by atoms with E-state index >= 15 is 0 Å². The minimum Gasteiger partial charge on any atom is -0.418 e. The SMILES string of the molecule is CNC(=S)N(CCOC)Cc1nnc(-c2cccs2)o1. The number of nitrogens with zero attached hydrogens (tertiary/aromatic N) is 3. The summed E-state index contributed by atoms with van der Waals surface area (Å²) in [4.78, 5) is 2.88. The number of nitrogens with one attached hydrogen (secondary N) is 1. The number of rotatable bonds is 6. The number of aromatic nitrogens is 2. The van der Waals surface area contributed by atoms with Crippen LogP contribution in [0.3, 0.4) is 0 Å². The molecule has 2 aromatic heterocycles. The fourth-order valence-corrected chi connectivity index (χ4v) is 2.39. The van der Waals surface area contributed by atoms with Gasteiger partial charge in [0.2, 0.25) is 5.89 Å². The molecule has 0 aliphatic carbocycles. The summed E-state index contributed by atoms with van der Waals surface area (Å²) in [5.74, 6) is 1.07. The number of ether oxygens (including phenoxy) is 1. The molecule has 1 N–H and O–H groups in total. The maximum absolute atomic E-state index is 5.65. The molecule has 8 heteroatoms. The predicted molar refractivity (Wildman–Crippen MR) is 81.6 cm³/mol. The van der Waals surface area contributed by atoms with Crippen LogP contribution in [0.4, 0.5) is 0 Å². The lowest BCUT2D eigenvalue weighted by atomic mass is 10.5. The van der Waals surface area contributed by atoms with Gasteiger partial charge in [0, 0.05) is 20.7 Å². The monoisotopic (exact) mass is 312 g/mol. The minimum absolute atomic E-state index is 0.460. The zero-order valence-corrected chi connectivity index (χ0v) is 13.0. The van der Waals surface area contributed by atoms with Gasteiger partial charge in [-0.15, -0.1) is 21.5 Å². The number of thiocarbonyl (C=S) groups is 1. The molecule has 0 aromatic carbocycles. The summed E-state index contributed by atoms with van der Waals surface area (Å²) in [5, 5.41) is 13.6. The van der Waals surface area contributed by atoms with Crippen LogP contribution in [0.5, 0.6) is 0 Å². The molecule has 2 aromatic rings. The molecular formula is C12H16N4O2S2. The molecule has 2 heterocycles. The number of thiophene rings is 1. The highest BCUT2D eigenvalue weighted by Gasteiger charge is 2.15. The van der Waals surface area contributed by atoms with Gasteiger partial charge in [0.15, 0.2) is 5.11 Å². The molecule has 0 aliphatic heterocycles. The average molecular weight is 312 g/mol. The van der Waals surface area contributed by atoms with Gasteiger partial charge in [0.05, 0.1) is 18.0 Å². The molecule has 2 rings (SSSR count). The second-order valence-corrected chi connectivity index (χ2v) is 5.28. The van der Waals surface area contributed by atoms with Crippen LogP contribution in [0, 0.1) is 0 Å². The third kappa shape index (κ3) is 3.75. The molecular weight excluding hydrogens is 296 g/mol. The van der Waals surface area contributed by atoms with Crippen molar-refractivity contribution in [1.29, 1.82) is 0 Å². The Morgan fingerprint density at radius 1 is 1.55 bits per heavy atom. The highest BCUT2D eigenvalue weighted by Crippen LogP contribution is 2.23. The summed E-state index contributed by atoms with van der Waals surface area (Å²) in [5.41, 5.74) is 0. The van der Waals surface area contributed by atoms with Crippen molar-refractivity contribution < 1.29 is 9.15 Å². The van der Waals surface area contributed by atoms with Gasteiger partial charge in [-0.05, 0) is 23.7 Å². The summed E-state index contributed by atoms with van der Waals surface area (Å²) >= 11 is 6.81. The van der Waals surface area contributed by atoms with Crippen LogP contribution in [-0.4, -0.2) is 47.5 Å². The Bertz CT molecular complexity index is 541. The Kier molecular flexibility index (Phi) is 5.45. The van der Waals surface area contributed by atoms with Gasteiger partial charge in [-0.25, -0.2) is 0 Å². The lowest BCUT2D eigenvalue weighted by Crippen LogP contribution is -2.39. The van der Waals surface area contributed by atoms with Crippen molar-refractivity contribution in [2.75, 3.05) is 27.3 Å². The summed E-state index contributed by atoms with van der Waals surface area (Å²) in [6.45, 7) is 1.70. The first-order valence-corrected chi connectivity index (χ1v) is 7.35. The summed E-state index contributed by atoms with van der Waals surface area (Å²) in [6.07, 6.45) is 0. The van der Waals surface area contributed by atoms with E-state index in [1.807, 2.05) is 22.4 Å². The van der Waals surface area contributed by atoms with Crippen LogP contribution in [0.2, 0.25) is 0 Å². The van der Waals surface area contributed by atoms with E-state index in [4.69, 9.17) is 21.4 Å². The second kappa shape index (κ2) is 7.32. The number of methoxy groups -OCH3 is 1. The van der Waals surface area contributed by atoms with Crippen molar-refractivity contribution in [3.8, 4) is 10.8 Å². The first-order chi connectivity index (χ1) is 9.74. The quantitative estimate of drug-likeness (QED) is 0.815. The second-order valence-electron chi connectivity index (χ2n) is 3.95. The van der Waals surface area contributed by atoms with Crippen molar-refractivity contribution >= 4 is 28.7 Å². The fraction of sp³-hybridized carbons (Fsp3) is 0.417. The molecule has 0 spiro atoms. The lowest BCUT2D eigenvalue weighted by Gasteiger charge is -2.22. The summed E-state index contributed by atoms with van der Waals surface area (Å²) in [6, 6.07) is 3.90. The Labute approximate surface area is 126 Å². The topological polar surface area (TPSA) is 63.4 Å². The van der Waals surface area contributed by atoms with Crippen molar-refractivity contribution in [3.63, 3.8) is 0 Å². The maximum Gasteiger partial charge on any atom is 0.257 e. The van der Waals surface area contributed by atoms with E-state index in [9.17, 15) is 0 Å². The van der Waals surface area contributed by atoms with E-state index in [0.717, 1.165) is 4.88 Å². The van der Waals surface area contributed by atoms with Gasteiger partial charge in [0.1, 0.15) is 0 Å². The Balaban J connectivity index is 2.05. The van der Waals surface area contributed by atoms with Gasteiger partial charge < -0.3 is 19.4 Å². The summed E-state index contributed by atoms with van der Waals surface area (Å²) < 4.78 is 10.7. The molecule has 0 unspecified atom stereocenters. The zero-order chi connectivity index (χ0) is 14.4. The Morgan fingerprint density at radius 2 is 2.40 bits per heavy atom. The van der Waals surface area contributed by atoms with Crippen LogP contribution >= 0.6 is 23.6 Å². The van der Waals surface area contributed by atoms with Crippen molar-refractivity contribution in [1.82, 2.24) is 20.4 Å². The normalized spacial score (nSPS) is 10.5. The van der Waals surface area contributed by atoms with Gasteiger partial charge in [-0.1, -0.05) is 6.07 Å². The molecule has 0 bridgehead atoms. The number of hydrogen-bond acceptors (Lipinski definition) is 6. The van der Waals surface area contributed by atoms with Gasteiger partial charge in [-0.2, -0.15) is 0 Å². The van der Waals surface area contributed by atoms with Gasteiger partial charge in [-0.3, -0.25) is 0 Å². The third-order valence-electron chi connectivity index (χ3n) is 2.59. The molecule has 0 radical (unpaired) electrons. The van der Waals surface area contributed by atoms with E-state index in [1.54, 1.807) is 25.5 Å². The molecule has 0 fully saturated rings. The Hall–Kier alpha value is -1.51. The first kappa shape index (κ1) is 14.9. The highest BCUT2D eigenvalue weighted by atomic mass is 32.1. The number of hydrogen-bond donors (Lipinski definition) is 1. The standard InChI is InChI=1S/C12H16N4O2S2/c1-13-12(19)16(5-6-17-2)8-10-14-15-11(18-10)9-4-3-7-20-9/h3-4,7H,5-6,8H2,1-2H3,(H,13,19). The fourth-order valence-electron chi connectivity index (χ4n) is 1.59. The van der Waals surface area contributed by atoms with Crippen LogP contribution in [-0.2, 0) is 11.3 Å². The highest BCUT2D eigenvalue weighted by molar-refractivity contribution is 7.80. The molecule has 0 atom stereocenters. The molecule has 0 amide bonds. The molecule has 0 saturated carbocycles. The van der Waals surface area contributed by atoms with Gasteiger partial charge >= 0.3 is 0 Å². The molecule has 20 heavy (non-hydrogen) atoms. The largest absolute Gasteiger partial charge is 0.418 e. The van der Waals surface area contributed by atoms with Crippen molar-refractivity contribution in [3.05, 3.63) is 23.4 Å². The smallest absolute Gasteiger partial charge is 0.257 e. The van der Waals surface area contributed by atoms with E-state index in [2.05, 4.69) is 15.5 Å². The molecule has 0 saturated heterocycles. The van der Waals surface area contributed by atoms with Crippen LogP contribution in [0.1, 0.15) is 5.89 Å². The van der Waals surface area contributed by atoms with E-state index in [-0.39, 0.29) is 0 Å². The third-order valence-corrected chi connectivity index (χ3v) is 3.91. The maximum atomic E-state index is 5.65.